The molecule has 0 aliphatic carbocycles. The molecule has 3 atom stereocenters. The molecule has 0 unspecified atom stereocenters. The highest BCUT2D eigenvalue weighted by molar-refractivity contribution is 5.84. The average Bonchev–Trinajstić information content (AvgIpc) is 3.09. The average molecular weight is 334 g/mol. The molecule has 0 radical (unpaired) electrons. The third-order valence-corrected chi connectivity index (χ3v) is 4.95. The molecule has 1 aromatic rings. The van der Waals surface area contributed by atoms with Crippen molar-refractivity contribution in [2.75, 3.05) is 20.2 Å². The normalized spacial score (nSPS) is 27.3. The van der Waals surface area contributed by atoms with E-state index < -0.39 is 12.0 Å². The first-order valence-electron chi connectivity index (χ1n) is 8.47. The van der Waals surface area contributed by atoms with Crippen LogP contribution in [0.5, 0.6) is 0 Å². The van der Waals surface area contributed by atoms with Gasteiger partial charge in [0.25, 0.3) is 0 Å². The summed E-state index contributed by atoms with van der Waals surface area (Å²) < 4.78 is 19.8. The van der Waals surface area contributed by atoms with Crippen LogP contribution in [-0.4, -0.2) is 43.0 Å². The Morgan fingerprint density at radius 1 is 1.38 bits per heavy atom. The van der Waals surface area contributed by atoms with Crippen molar-refractivity contribution in [3.63, 3.8) is 0 Å². The van der Waals surface area contributed by atoms with E-state index in [1.807, 2.05) is 0 Å². The van der Waals surface area contributed by atoms with E-state index in [9.17, 15) is 14.0 Å². The monoisotopic (exact) mass is 334 g/mol. The van der Waals surface area contributed by atoms with Gasteiger partial charge >= 0.3 is 0 Å². The number of carbonyl (C=O) groups excluding carboxylic acids is 2. The molecule has 24 heavy (non-hydrogen) atoms. The summed E-state index contributed by atoms with van der Waals surface area (Å²) in [5, 5.41) is 2.92. The predicted molar refractivity (Wildman–Crippen MR) is 86.6 cm³/mol. The predicted octanol–water partition coefficient (Wildman–Crippen LogP) is 2.03. The molecule has 2 aliphatic heterocycles. The number of hydrogen-bond acceptors (Lipinski definition) is 3. The molecule has 0 bridgehead atoms. The summed E-state index contributed by atoms with van der Waals surface area (Å²) in [5.74, 6) is -1.04. The number of likely N-dealkylation sites (tertiary alicyclic amines) is 1. The van der Waals surface area contributed by atoms with E-state index in [0.29, 0.717) is 24.9 Å². The Labute approximate surface area is 141 Å². The Morgan fingerprint density at radius 2 is 2.17 bits per heavy atom. The second-order valence-corrected chi connectivity index (χ2v) is 6.50. The van der Waals surface area contributed by atoms with Crippen LogP contribution in [0.2, 0.25) is 0 Å². The van der Waals surface area contributed by atoms with Gasteiger partial charge in [0.15, 0.2) is 0 Å². The van der Waals surface area contributed by atoms with Gasteiger partial charge in [-0.3, -0.25) is 9.59 Å². The van der Waals surface area contributed by atoms with E-state index in [1.54, 1.807) is 25.2 Å². The van der Waals surface area contributed by atoms with Gasteiger partial charge in [-0.05, 0) is 25.3 Å². The van der Waals surface area contributed by atoms with Crippen molar-refractivity contribution in [1.29, 1.82) is 0 Å². The lowest BCUT2D eigenvalue weighted by Gasteiger charge is -2.38. The molecule has 1 N–H and O–H groups in total. The van der Waals surface area contributed by atoms with Crippen LogP contribution in [-0.2, 0) is 14.3 Å². The summed E-state index contributed by atoms with van der Waals surface area (Å²) in [7, 11) is 1.64. The molecule has 0 aromatic heterocycles. The molecule has 5 nitrogen and oxygen atoms in total. The van der Waals surface area contributed by atoms with Crippen LogP contribution in [0.4, 0.5) is 4.39 Å². The summed E-state index contributed by atoms with van der Waals surface area (Å²) in [6.45, 7) is 1.20. The number of nitrogens with one attached hydrogen (secondary N) is 1. The van der Waals surface area contributed by atoms with Crippen molar-refractivity contribution < 1.29 is 18.7 Å². The summed E-state index contributed by atoms with van der Waals surface area (Å²) in [6.07, 6.45) is 2.75. The molecule has 2 fully saturated rings. The highest BCUT2D eigenvalue weighted by atomic mass is 19.1. The Bertz CT molecular complexity index is 616. The van der Waals surface area contributed by atoms with E-state index in [2.05, 4.69) is 5.32 Å². The maximum Gasteiger partial charge on any atom is 0.225 e. The SMILES string of the molecule is CN1C(=O)CC[C@H](C(=O)NC[C@@H]2CCCO2)[C@@H]1c1ccccc1F. The fourth-order valence-electron chi connectivity index (χ4n) is 3.60. The lowest BCUT2D eigenvalue weighted by atomic mass is 9.83. The second-order valence-electron chi connectivity index (χ2n) is 6.50. The Balaban J connectivity index is 1.77. The number of rotatable bonds is 4. The zero-order valence-electron chi connectivity index (χ0n) is 13.8. The number of halogens is 1. The van der Waals surface area contributed by atoms with Crippen molar-refractivity contribution >= 4 is 11.8 Å². The molecule has 2 saturated heterocycles. The number of hydrogen-bond donors (Lipinski definition) is 1. The van der Waals surface area contributed by atoms with Crippen molar-refractivity contribution in [1.82, 2.24) is 10.2 Å². The van der Waals surface area contributed by atoms with Gasteiger partial charge in [-0.1, -0.05) is 18.2 Å². The van der Waals surface area contributed by atoms with Crippen molar-refractivity contribution in [3.8, 4) is 0 Å². The maximum absolute atomic E-state index is 14.3. The number of carbonyl (C=O) groups is 2. The van der Waals surface area contributed by atoms with Gasteiger partial charge in [0.1, 0.15) is 5.82 Å². The van der Waals surface area contributed by atoms with E-state index >= 15 is 0 Å². The van der Waals surface area contributed by atoms with Crippen LogP contribution < -0.4 is 5.32 Å². The zero-order chi connectivity index (χ0) is 17.1. The minimum Gasteiger partial charge on any atom is -0.376 e. The minimum atomic E-state index is -0.572. The molecule has 130 valence electrons. The molecule has 0 saturated carbocycles. The first-order valence-corrected chi connectivity index (χ1v) is 8.47. The summed E-state index contributed by atoms with van der Waals surface area (Å²) in [6, 6.07) is 5.78. The van der Waals surface area contributed by atoms with Gasteiger partial charge in [-0.25, -0.2) is 4.39 Å². The van der Waals surface area contributed by atoms with Crippen LogP contribution in [0.15, 0.2) is 24.3 Å². The van der Waals surface area contributed by atoms with Crippen LogP contribution in [0.1, 0.15) is 37.3 Å². The number of piperidine rings is 1. The molecule has 6 heteroatoms. The number of amides is 2. The summed E-state index contributed by atoms with van der Waals surface area (Å²) >= 11 is 0. The molecule has 0 spiro atoms. The smallest absolute Gasteiger partial charge is 0.225 e. The summed E-state index contributed by atoms with van der Waals surface area (Å²) in [4.78, 5) is 26.2. The fraction of sp³-hybridized carbons (Fsp3) is 0.556. The maximum atomic E-state index is 14.3. The number of nitrogens with zero attached hydrogens (tertiary/aromatic N) is 1. The standard InChI is InChI=1S/C18H23FN2O3/c1-21-16(22)9-8-14(17(21)13-6-2-3-7-15(13)19)18(23)20-11-12-5-4-10-24-12/h2-3,6-7,12,14,17H,4-5,8-11H2,1H3,(H,20,23)/t12-,14-,17-/m0/s1. The van der Waals surface area contributed by atoms with Crippen molar-refractivity contribution in [2.24, 2.45) is 5.92 Å². The number of benzene rings is 1. The molecular formula is C18H23FN2O3. The van der Waals surface area contributed by atoms with E-state index in [0.717, 1.165) is 19.4 Å². The van der Waals surface area contributed by atoms with E-state index in [4.69, 9.17) is 4.74 Å². The van der Waals surface area contributed by atoms with Gasteiger partial charge in [0.05, 0.1) is 18.1 Å². The van der Waals surface area contributed by atoms with Crippen LogP contribution in [0.25, 0.3) is 0 Å². The van der Waals surface area contributed by atoms with Crippen LogP contribution in [0, 0.1) is 11.7 Å². The summed E-state index contributed by atoms with van der Waals surface area (Å²) in [5.41, 5.74) is 0.394. The Morgan fingerprint density at radius 3 is 2.88 bits per heavy atom. The van der Waals surface area contributed by atoms with E-state index in [1.165, 1.54) is 11.0 Å². The molecule has 3 rings (SSSR count). The lowest BCUT2D eigenvalue weighted by molar-refractivity contribution is -0.141. The topological polar surface area (TPSA) is 58.6 Å². The fourth-order valence-corrected chi connectivity index (χ4v) is 3.60. The van der Waals surface area contributed by atoms with Crippen molar-refractivity contribution in [2.45, 2.75) is 37.8 Å². The Kier molecular flexibility index (Phi) is 5.14. The zero-order valence-corrected chi connectivity index (χ0v) is 13.8. The first-order chi connectivity index (χ1) is 11.6. The van der Waals surface area contributed by atoms with Gasteiger partial charge in [-0.2, -0.15) is 0 Å². The molecule has 2 amide bonds. The molecule has 1 aromatic carbocycles. The highest BCUT2D eigenvalue weighted by Gasteiger charge is 2.40. The van der Waals surface area contributed by atoms with Gasteiger partial charge < -0.3 is 15.0 Å². The van der Waals surface area contributed by atoms with E-state index in [-0.39, 0.29) is 23.7 Å². The third kappa shape index (κ3) is 3.43. The first kappa shape index (κ1) is 16.9. The molecule has 2 heterocycles. The minimum absolute atomic E-state index is 0.0591. The largest absolute Gasteiger partial charge is 0.376 e. The van der Waals surface area contributed by atoms with Gasteiger partial charge in [0.2, 0.25) is 11.8 Å². The van der Waals surface area contributed by atoms with Gasteiger partial charge in [-0.15, -0.1) is 0 Å². The third-order valence-electron chi connectivity index (χ3n) is 4.95. The van der Waals surface area contributed by atoms with Crippen LogP contribution >= 0.6 is 0 Å². The highest BCUT2D eigenvalue weighted by Crippen LogP contribution is 2.37. The molecule has 2 aliphatic rings. The lowest BCUT2D eigenvalue weighted by Crippen LogP contribution is -2.47. The Hall–Kier alpha value is -1.95. The molecular weight excluding hydrogens is 311 g/mol. The quantitative estimate of drug-likeness (QED) is 0.917. The second kappa shape index (κ2) is 7.30. The number of ether oxygens (including phenoxy) is 1. The van der Waals surface area contributed by atoms with Gasteiger partial charge in [0, 0.05) is 32.2 Å². The van der Waals surface area contributed by atoms with Crippen LogP contribution in [0.3, 0.4) is 0 Å². The van der Waals surface area contributed by atoms with Crippen molar-refractivity contribution in [3.05, 3.63) is 35.6 Å².